The number of hydrogen-bond donors (Lipinski definition) is 4. The number of halogens is 2. The van der Waals surface area contributed by atoms with Gasteiger partial charge < -0.3 is 4.98 Å². The first-order valence-electron chi connectivity index (χ1n) is 4.47. The Balaban J connectivity index is 2.66. The highest BCUT2D eigenvalue weighted by atomic mass is 35.5. The first kappa shape index (κ1) is 11.4. The third-order valence-corrected chi connectivity index (χ3v) is 2.85. The quantitative estimate of drug-likeness (QED) is 0.626. The summed E-state index contributed by atoms with van der Waals surface area (Å²) in [6.07, 6.45) is 3.27. The number of H-pyrrole nitrogens is 1. The summed E-state index contributed by atoms with van der Waals surface area (Å²) in [5.41, 5.74) is 1.41. The Morgan fingerprint density at radius 1 is 1.00 bits per heavy atom. The van der Waals surface area contributed by atoms with Crippen LogP contribution >= 0.6 is 23.2 Å². The number of aromatic nitrogens is 1. The summed E-state index contributed by atoms with van der Waals surface area (Å²) in [6, 6.07) is 5.00. The highest BCUT2D eigenvalue weighted by molar-refractivity contribution is 6.35. The molecule has 0 saturated carbocycles. The number of quaternary nitrogens is 1. The van der Waals surface area contributed by atoms with Gasteiger partial charge in [0.05, 0.1) is 10.6 Å². The molecule has 0 amide bonds. The summed E-state index contributed by atoms with van der Waals surface area (Å²) in [7, 11) is 0. The molecule has 0 bridgehead atoms. The molecular weight excluding hydrogens is 251 g/mol. The van der Waals surface area contributed by atoms with Gasteiger partial charge in [-0.15, -0.1) is 0 Å². The standard InChI is InChI=1S/C10H8Cl2N2O2/c11-8-3-1-2-6(10(8)14(15)16)7-4-13-5-9(7)12/h1-5,13,15-16H/p+1. The van der Waals surface area contributed by atoms with Crippen LogP contribution in [0.4, 0.5) is 5.69 Å². The lowest BCUT2D eigenvalue weighted by molar-refractivity contribution is -1.19. The molecule has 4 nitrogen and oxygen atoms in total. The molecule has 1 aromatic carbocycles. The second kappa shape index (κ2) is 4.45. The summed E-state index contributed by atoms with van der Waals surface area (Å²) < 4.78 is 0. The van der Waals surface area contributed by atoms with Crippen molar-refractivity contribution in [1.29, 1.82) is 0 Å². The lowest BCUT2D eigenvalue weighted by Crippen LogP contribution is -3.02. The Hall–Kier alpha value is -1.04. The van der Waals surface area contributed by atoms with Gasteiger partial charge in [-0.05, 0) is 17.4 Å². The molecule has 1 aromatic heterocycles. The van der Waals surface area contributed by atoms with E-state index in [0.717, 1.165) is 0 Å². The van der Waals surface area contributed by atoms with Crippen molar-refractivity contribution in [3.05, 3.63) is 40.6 Å². The third-order valence-electron chi connectivity index (χ3n) is 2.22. The molecular formula is C10H9Cl2N2O2+. The van der Waals surface area contributed by atoms with Crippen LogP contribution < -0.4 is 5.23 Å². The maximum absolute atomic E-state index is 9.21. The number of para-hydroxylation sites is 1. The van der Waals surface area contributed by atoms with E-state index < -0.39 is 5.23 Å². The first-order valence-corrected chi connectivity index (χ1v) is 5.23. The SMILES string of the molecule is O[NH+](O)c1c(Cl)cccc1-c1c[nH]cc1Cl. The van der Waals surface area contributed by atoms with Crippen LogP contribution in [0.5, 0.6) is 0 Å². The van der Waals surface area contributed by atoms with Crippen LogP contribution in [-0.2, 0) is 0 Å². The highest BCUT2D eigenvalue weighted by Crippen LogP contribution is 2.34. The fraction of sp³-hybridized carbons (Fsp3) is 0. The van der Waals surface area contributed by atoms with Crippen molar-refractivity contribution in [2.75, 3.05) is 0 Å². The summed E-state index contributed by atoms with van der Waals surface area (Å²) >= 11 is 11.9. The number of nitrogens with one attached hydrogen (secondary N) is 2. The van der Waals surface area contributed by atoms with Gasteiger partial charge in [0, 0.05) is 18.0 Å². The highest BCUT2D eigenvalue weighted by Gasteiger charge is 2.20. The van der Waals surface area contributed by atoms with Crippen LogP contribution in [0.25, 0.3) is 11.1 Å². The van der Waals surface area contributed by atoms with Crippen molar-refractivity contribution in [2.45, 2.75) is 0 Å². The third kappa shape index (κ3) is 1.93. The fourth-order valence-electron chi connectivity index (χ4n) is 1.53. The zero-order valence-electron chi connectivity index (χ0n) is 8.04. The number of hydrogen-bond acceptors (Lipinski definition) is 2. The van der Waals surface area contributed by atoms with Gasteiger partial charge in [0.2, 0.25) is 5.69 Å². The van der Waals surface area contributed by atoms with Crippen LogP contribution in [-0.4, -0.2) is 15.4 Å². The Bertz CT molecular complexity index is 511. The minimum absolute atomic E-state index is 0.172. The number of aromatic amines is 1. The van der Waals surface area contributed by atoms with E-state index in [1.807, 2.05) is 0 Å². The Kier molecular flexibility index (Phi) is 3.18. The van der Waals surface area contributed by atoms with Crippen molar-refractivity contribution in [3.8, 4) is 11.1 Å². The molecule has 0 aliphatic carbocycles. The van der Waals surface area contributed by atoms with Gasteiger partial charge in [-0.1, -0.05) is 29.3 Å². The average molecular weight is 260 g/mol. The monoisotopic (exact) mass is 259 g/mol. The van der Waals surface area contributed by atoms with Crippen LogP contribution in [0.15, 0.2) is 30.6 Å². The molecule has 0 unspecified atom stereocenters. The van der Waals surface area contributed by atoms with Crippen LogP contribution in [0, 0.1) is 0 Å². The minimum atomic E-state index is -0.821. The molecule has 0 fully saturated rings. The lowest BCUT2D eigenvalue weighted by Gasteiger charge is -2.08. The van der Waals surface area contributed by atoms with Gasteiger partial charge in [-0.25, -0.2) is 0 Å². The average Bonchev–Trinajstić information content (AvgIpc) is 2.63. The topological polar surface area (TPSA) is 60.7 Å². The van der Waals surface area contributed by atoms with Crippen molar-refractivity contribution in [1.82, 2.24) is 4.98 Å². The predicted molar refractivity (Wildman–Crippen MR) is 60.4 cm³/mol. The van der Waals surface area contributed by atoms with Crippen molar-refractivity contribution in [3.63, 3.8) is 0 Å². The molecule has 16 heavy (non-hydrogen) atoms. The van der Waals surface area contributed by atoms with Gasteiger partial charge in [-0.2, -0.15) is 10.4 Å². The Morgan fingerprint density at radius 2 is 1.75 bits per heavy atom. The van der Waals surface area contributed by atoms with E-state index in [-0.39, 0.29) is 10.7 Å². The van der Waals surface area contributed by atoms with Crippen LogP contribution in [0.3, 0.4) is 0 Å². The van der Waals surface area contributed by atoms with Crippen molar-refractivity contribution >= 4 is 28.9 Å². The molecule has 0 aliphatic heterocycles. The molecule has 0 aliphatic rings. The minimum Gasteiger partial charge on any atom is -0.366 e. The molecule has 2 aromatic rings. The van der Waals surface area contributed by atoms with E-state index in [2.05, 4.69) is 4.98 Å². The predicted octanol–water partition coefficient (Wildman–Crippen LogP) is 2.28. The first-order chi connectivity index (χ1) is 7.61. The molecule has 84 valence electrons. The number of benzene rings is 1. The zero-order chi connectivity index (χ0) is 11.7. The maximum Gasteiger partial charge on any atom is 0.223 e. The van der Waals surface area contributed by atoms with Crippen LogP contribution in [0.2, 0.25) is 10.0 Å². The normalized spacial score (nSPS) is 11.1. The smallest absolute Gasteiger partial charge is 0.223 e. The Labute approximate surface area is 102 Å². The summed E-state index contributed by atoms with van der Waals surface area (Å²) in [6.45, 7) is 0. The molecule has 0 saturated heterocycles. The van der Waals surface area contributed by atoms with E-state index in [4.69, 9.17) is 23.2 Å². The van der Waals surface area contributed by atoms with E-state index in [0.29, 0.717) is 16.1 Å². The van der Waals surface area contributed by atoms with Gasteiger partial charge >= 0.3 is 0 Å². The molecule has 6 heteroatoms. The van der Waals surface area contributed by atoms with Gasteiger partial charge in [0.15, 0.2) is 0 Å². The fourth-order valence-corrected chi connectivity index (χ4v) is 2.01. The summed E-state index contributed by atoms with van der Waals surface area (Å²) in [5.74, 6) is 0. The molecule has 1 heterocycles. The zero-order valence-corrected chi connectivity index (χ0v) is 9.55. The van der Waals surface area contributed by atoms with E-state index in [9.17, 15) is 10.4 Å². The lowest BCUT2D eigenvalue weighted by atomic mass is 10.1. The number of rotatable bonds is 2. The molecule has 0 radical (unpaired) electrons. The van der Waals surface area contributed by atoms with Gasteiger partial charge in [0.1, 0.15) is 5.02 Å². The Morgan fingerprint density at radius 3 is 2.31 bits per heavy atom. The molecule has 0 spiro atoms. The molecule has 2 rings (SSSR count). The maximum atomic E-state index is 9.21. The summed E-state index contributed by atoms with van der Waals surface area (Å²) in [4.78, 5) is 2.83. The largest absolute Gasteiger partial charge is 0.366 e. The van der Waals surface area contributed by atoms with Gasteiger partial charge in [0.25, 0.3) is 0 Å². The van der Waals surface area contributed by atoms with Gasteiger partial charge in [-0.3, -0.25) is 0 Å². The van der Waals surface area contributed by atoms with Crippen molar-refractivity contribution in [2.24, 2.45) is 0 Å². The van der Waals surface area contributed by atoms with E-state index >= 15 is 0 Å². The molecule has 4 N–H and O–H groups in total. The van der Waals surface area contributed by atoms with E-state index in [1.165, 1.54) is 0 Å². The van der Waals surface area contributed by atoms with Crippen molar-refractivity contribution < 1.29 is 15.6 Å². The second-order valence-electron chi connectivity index (χ2n) is 3.20. The second-order valence-corrected chi connectivity index (χ2v) is 4.02. The van der Waals surface area contributed by atoms with E-state index in [1.54, 1.807) is 30.6 Å². The van der Waals surface area contributed by atoms with Crippen LogP contribution in [0.1, 0.15) is 0 Å². The summed E-state index contributed by atoms with van der Waals surface area (Å²) in [5, 5.41) is 18.3. The molecule has 0 atom stereocenters.